The van der Waals surface area contributed by atoms with Crippen LogP contribution in [0.2, 0.25) is 0 Å². The van der Waals surface area contributed by atoms with Crippen molar-refractivity contribution in [1.82, 2.24) is 29.9 Å². The van der Waals surface area contributed by atoms with Gasteiger partial charge in [-0.1, -0.05) is 82.7 Å². The zero-order chi connectivity index (χ0) is 31.6. The number of nitrogens with zero attached hydrogens (tertiary/aromatic N) is 6. The molecule has 0 radical (unpaired) electrons. The van der Waals surface area contributed by atoms with Crippen molar-refractivity contribution in [2.45, 2.75) is 0 Å². The van der Waals surface area contributed by atoms with E-state index >= 15 is 0 Å². The molecule has 4 aromatic carbocycles. The topological polar surface area (TPSA) is 77.3 Å². The Balaban J connectivity index is 1.25. The molecule has 47 heavy (non-hydrogen) atoms. The van der Waals surface area contributed by atoms with Crippen LogP contribution < -0.4 is 0 Å². The summed E-state index contributed by atoms with van der Waals surface area (Å²) >= 11 is 3.76. The molecule has 4 aromatic heterocycles. The van der Waals surface area contributed by atoms with Gasteiger partial charge >= 0.3 is 0 Å². The first-order chi connectivity index (χ1) is 23.2. The highest BCUT2D eigenvalue weighted by atomic mass is 79.9. The molecule has 0 saturated carbocycles. The van der Waals surface area contributed by atoms with Crippen LogP contribution in [-0.4, -0.2) is 29.9 Å². The Hall–Kier alpha value is -5.92. The summed E-state index contributed by atoms with van der Waals surface area (Å²) in [6.45, 7) is 0. The van der Waals surface area contributed by atoms with E-state index in [2.05, 4.69) is 110 Å². The number of benzene rings is 4. The summed E-state index contributed by atoms with van der Waals surface area (Å²) in [7, 11) is 0. The lowest BCUT2D eigenvalue weighted by atomic mass is 9.98. The van der Waals surface area contributed by atoms with Crippen LogP contribution in [0.5, 0.6) is 0 Å². The molecule has 222 valence electrons. The molecule has 4 heterocycles. The maximum absolute atomic E-state index is 5.03. The van der Waals surface area contributed by atoms with Crippen LogP contribution in [0.15, 0.2) is 157 Å². The number of fused-ring (bicyclic) bond motifs is 1. The lowest BCUT2D eigenvalue weighted by molar-refractivity contribution is 1.07. The highest BCUT2D eigenvalue weighted by Crippen LogP contribution is 2.34. The summed E-state index contributed by atoms with van der Waals surface area (Å²) in [4.78, 5) is 27.9. The third kappa shape index (κ3) is 5.92. The normalized spacial score (nSPS) is 11.1. The smallest absolute Gasteiger partial charge is 0.164 e. The fourth-order valence-electron chi connectivity index (χ4n) is 5.70. The Bertz CT molecular complexity index is 2240. The third-order valence-corrected chi connectivity index (χ3v) is 8.52. The summed E-state index contributed by atoms with van der Waals surface area (Å²) in [5.41, 5.74) is 10.1. The van der Waals surface area contributed by atoms with Crippen LogP contribution in [0.3, 0.4) is 0 Å². The highest BCUT2D eigenvalue weighted by Gasteiger charge is 2.15. The van der Waals surface area contributed by atoms with Gasteiger partial charge in [0.05, 0.1) is 5.52 Å². The lowest BCUT2D eigenvalue weighted by Gasteiger charge is -2.12. The molecule has 0 fully saturated rings. The summed E-state index contributed by atoms with van der Waals surface area (Å²) < 4.78 is 0.929. The second kappa shape index (κ2) is 12.5. The molecule has 0 aliphatic carbocycles. The highest BCUT2D eigenvalue weighted by molar-refractivity contribution is 9.10. The average Bonchev–Trinajstić information content (AvgIpc) is 3.15. The second-order valence-electron chi connectivity index (χ2n) is 11.0. The summed E-state index contributed by atoms with van der Waals surface area (Å²) in [5, 5.41) is 1.08. The van der Waals surface area contributed by atoms with Crippen molar-refractivity contribution in [2.24, 2.45) is 0 Å². The largest absolute Gasteiger partial charge is 0.265 e. The van der Waals surface area contributed by atoms with Gasteiger partial charge in [-0.25, -0.2) is 15.0 Å². The number of aromatic nitrogens is 6. The Morgan fingerprint density at radius 2 is 0.872 bits per heavy atom. The molecule has 0 aliphatic rings. The quantitative estimate of drug-likeness (QED) is 0.175. The third-order valence-electron chi connectivity index (χ3n) is 8.06. The summed E-state index contributed by atoms with van der Waals surface area (Å²) in [6, 6.07) is 41.1. The minimum absolute atomic E-state index is 0.585. The predicted octanol–water partition coefficient (Wildman–Crippen LogP) is 9.97. The standard InChI is InChI=1S/C40H25BrN6/c41-34-24-32(35-3-1-5-37-36(35)4-2-18-44-37)23-33(25-34)40-46-38(30-10-6-26(7-11-30)28-14-19-42-20-15-28)45-39(47-40)31-12-8-27(9-13-31)29-16-21-43-22-17-29/h1-25H. The maximum atomic E-state index is 5.03. The van der Waals surface area contributed by atoms with Gasteiger partial charge in [0.15, 0.2) is 17.5 Å². The molecule has 6 nitrogen and oxygen atoms in total. The summed E-state index contributed by atoms with van der Waals surface area (Å²) in [5.74, 6) is 1.78. The van der Waals surface area contributed by atoms with Gasteiger partial charge in [-0.3, -0.25) is 15.0 Å². The fraction of sp³-hybridized carbons (Fsp3) is 0. The number of halogens is 1. The molecular formula is C40H25BrN6. The minimum atomic E-state index is 0.585. The predicted molar refractivity (Wildman–Crippen MR) is 191 cm³/mol. The van der Waals surface area contributed by atoms with Crippen LogP contribution in [-0.2, 0) is 0 Å². The molecule has 0 spiro atoms. The molecule has 0 amide bonds. The second-order valence-corrected chi connectivity index (χ2v) is 12.0. The van der Waals surface area contributed by atoms with E-state index in [1.165, 1.54) is 0 Å². The van der Waals surface area contributed by atoms with E-state index < -0.39 is 0 Å². The Labute approximate surface area is 280 Å². The van der Waals surface area contributed by atoms with Crippen molar-refractivity contribution in [2.75, 3.05) is 0 Å². The van der Waals surface area contributed by atoms with Gasteiger partial charge < -0.3 is 0 Å². The summed E-state index contributed by atoms with van der Waals surface area (Å²) in [6.07, 6.45) is 9.02. The van der Waals surface area contributed by atoms with Crippen LogP contribution in [0.4, 0.5) is 0 Å². The first-order valence-corrected chi connectivity index (χ1v) is 15.9. The van der Waals surface area contributed by atoms with E-state index in [-0.39, 0.29) is 0 Å². The Morgan fingerprint density at radius 3 is 1.45 bits per heavy atom. The van der Waals surface area contributed by atoms with Gasteiger partial charge in [0.25, 0.3) is 0 Å². The van der Waals surface area contributed by atoms with E-state index in [0.29, 0.717) is 17.5 Å². The van der Waals surface area contributed by atoms with Gasteiger partial charge in [0, 0.05) is 57.5 Å². The van der Waals surface area contributed by atoms with Crippen LogP contribution in [0, 0.1) is 0 Å². The molecule has 0 N–H and O–H groups in total. The van der Waals surface area contributed by atoms with Crippen LogP contribution in [0.25, 0.3) is 78.4 Å². The SMILES string of the molecule is Brc1cc(-c2nc(-c3ccc(-c4ccncc4)cc3)nc(-c3ccc(-c4ccncc4)cc3)n2)cc(-c2cccc3ncccc23)c1. The minimum Gasteiger partial charge on any atom is -0.265 e. The zero-order valence-electron chi connectivity index (χ0n) is 25.0. The number of hydrogen-bond donors (Lipinski definition) is 0. The first kappa shape index (κ1) is 28.5. The van der Waals surface area contributed by atoms with Crippen molar-refractivity contribution < 1.29 is 0 Å². The molecule has 8 aromatic rings. The molecule has 0 saturated heterocycles. The van der Waals surface area contributed by atoms with E-state index in [1.54, 1.807) is 24.8 Å². The van der Waals surface area contributed by atoms with Gasteiger partial charge in [-0.2, -0.15) is 0 Å². The molecular weight excluding hydrogens is 644 g/mol. The van der Waals surface area contributed by atoms with Crippen molar-refractivity contribution in [3.05, 3.63) is 157 Å². The molecule has 8 rings (SSSR count). The van der Waals surface area contributed by atoms with Gasteiger partial charge in [-0.15, -0.1) is 0 Å². The van der Waals surface area contributed by atoms with Crippen molar-refractivity contribution >= 4 is 26.8 Å². The number of pyridine rings is 3. The monoisotopic (exact) mass is 668 g/mol. The van der Waals surface area contributed by atoms with Crippen molar-refractivity contribution in [1.29, 1.82) is 0 Å². The van der Waals surface area contributed by atoms with Crippen LogP contribution in [0.1, 0.15) is 0 Å². The van der Waals surface area contributed by atoms with Gasteiger partial charge in [0.1, 0.15) is 0 Å². The number of rotatable bonds is 6. The van der Waals surface area contributed by atoms with Gasteiger partial charge in [-0.05, 0) is 88.0 Å². The maximum Gasteiger partial charge on any atom is 0.164 e. The fourth-order valence-corrected chi connectivity index (χ4v) is 6.20. The van der Waals surface area contributed by atoms with E-state index in [0.717, 1.165) is 65.4 Å². The van der Waals surface area contributed by atoms with E-state index in [4.69, 9.17) is 15.0 Å². The molecule has 0 bridgehead atoms. The molecule has 0 atom stereocenters. The molecule has 7 heteroatoms. The van der Waals surface area contributed by atoms with Crippen LogP contribution >= 0.6 is 15.9 Å². The zero-order valence-corrected chi connectivity index (χ0v) is 26.6. The number of hydrogen-bond acceptors (Lipinski definition) is 6. The lowest BCUT2D eigenvalue weighted by Crippen LogP contribution is -2.00. The average molecular weight is 670 g/mol. The Morgan fingerprint density at radius 1 is 0.383 bits per heavy atom. The van der Waals surface area contributed by atoms with E-state index in [1.807, 2.05) is 48.7 Å². The molecule has 0 unspecified atom stereocenters. The van der Waals surface area contributed by atoms with Gasteiger partial charge in [0.2, 0.25) is 0 Å². The molecule has 0 aliphatic heterocycles. The van der Waals surface area contributed by atoms with E-state index in [9.17, 15) is 0 Å². The Kier molecular flexibility index (Phi) is 7.57. The first-order valence-electron chi connectivity index (χ1n) is 15.1. The van der Waals surface area contributed by atoms with Crippen molar-refractivity contribution in [3.63, 3.8) is 0 Å². The van der Waals surface area contributed by atoms with Crippen molar-refractivity contribution in [3.8, 4) is 67.5 Å².